The highest BCUT2D eigenvalue weighted by molar-refractivity contribution is 7.99. The molecule has 1 atom stereocenters. The topological polar surface area (TPSA) is 107 Å². The van der Waals surface area contributed by atoms with Gasteiger partial charge in [0, 0.05) is 33.7 Å². The second kappa shape index (κ2) is 7.31. The number of nitrogens with two attached hydrogens (primary N) is 1. The number of cyclic esters (lactones) is 1. The molecule has 3 aliphatic heterocycles. The largest absolute Gasteiger partial charge is 0.458 e. The van der Waals surface area contributed by atoms with Crippen LogP contribution in [-0.2, 0) is 41.2 Å². The standard InChI is InChI=1S/C23H21N3O4S.ClH/c1-2-23(29)15-7-17-19-13(9-26(17)21(27)14(15)10-30-22(23)28)12-5-6-31-20-11(8-24)3-4-16(25-19)18(12)20;/h3-4,7,29H,2,5-6,8-10,24H2,1H3;1H/t23-;/m0./s1. The van der Waals surface area contributed by atoms with Crippen LogP contribution in [0.1, 0.15) is 41.2 Å². The molecule has 3 aliphatic rings. The summed E-state index contributed by atoms with van der Waals surface area (Å²) in [4.78, 5) is 31.8. The molecule has 0 fully saturated rings. The first-order valence-corrected chi connectivity index (χ1v) is 11.4. The number of aryl methyl sites for hydroxylation is 1. The Bertz CT molecular complexity index is 1390. The van der Waals surface area contributed by atoms with Crippen LogP contribution < -0.4 is 11.3 Å². The molecule has 6 rings (SSSR count). The monoisotopic (exact) mass is 471 g/mol. The van der Waals surface area contributed by atoms with Gasteiger partial charge in [-0.05, 0) is 36.1 Å². The number of esters is 1. The Kier molecular flexibility index (Phi) is 4.90. The number of fused-ring (bicyclic) bond motifs is 5. The average molecular weight is 472 g/mol. The first kappa shape index (κ1) is 21.5. The molecule has 0 bridgehead atoms. The maximum Gasteiger partial charge on any atom is 0.343 e. The molecule has 1 aromatic carbocycles. The number of hydrogen-bond donors (Lipinski definition) is 2. The van der Waals surface area contributed by atoms with E-state index in [0.29, 0.717) is 29.9 Å². The van der Waals surface area contributed by atoms with Crippen LogP contribution >= 0.6 is 24.2 Å². The minimum Gasteiger partial charge on any atom is -0.458 e. The van der Waals surface area contributed by atoms with Gasteiger partial charge in [0.25, 0.3) is 5.56 Å². The summed E-state index contributed by atoms with van der Waals surface area (Å²) in [6, 6.07) is 5.79. The van der Waals surface area contributed by atoms with Crippen molar-refractivity contribution in [3.05, 3.63) is 56.4 Å². The van der Waals surface area contributed by atoms with Crippen molar-refractivity contribution in [3.63, 3.8) is 0 Å². The number of thioether (sulfide) groups is 1. The first-order chi connectivity index (χ1) is 15.0. The summed E-state index contributed by atoms with van der Waals surface area (Å²) in [5.74, 6) is 0.248. The van der Waals surface area contributed by atoms with Gasteiger partial charge in [-0.2, -0.15) is 0 Å². The zero-order chi connectivity index (χ0) is 21.5. The fourth-order valence-corrected chi connectivity index (χ4v) is 6.35. The third-order valence-corrected chi connectivity index (χ3v) is 7.98. The van der Waals surface area contributed by atoms with Crippen LogP contribution in [0.15, 0.2) is 27.9 Å². The molecule has 0 aliphatic carbocycles. The lowest BCUT2D eigenvalue weighted by atomic mass is 9.86. The van der Waals surface area contributed by atoms with Crippen LogP contribution in [-0.4, -0.2) is 26.4 Å². The minimum absolute atomic E-state index is 0. The molecule has 0 saturated carbocycles. The van der Waals surface area contributed by atoms with E-state index in [1.807, 2.05) is 23.9 Å². The van der Waals surface area contributed by atoms with Gasteiger partial charge in [0.1, 0.15) is 6.61 Å². The Labute approximate surface area is 194 Å². The Morgan fingerprint density at radius 1 is 1.28 bits per heavy atom. The van der Waals surface area contributed by atoms with E-state index in [1.165, 1.54) is 10.5 Å². The zero-order valence-corrected chi connectivity index (χ0v) is 19.1. The summed E-state index contributed by atoms with van der Waals surface area (Å²) in [6.45, 7) is 2.50. The van der Waals surface area contributed by atoms with Gasteiger partial charge in [-0.3, -0.25) is 4.79 Å². The second-order valence-electron chi connectivity index (χ2n) is 8.27. The van der Waals surface area contributed by atoms with E-state index in [9.17, 15) is 14.7 Å². The number of ether oxygens (including phenoxy) is 1. The Morgan fingerprint density at radius 2 is 2.09 bits per heavy atom. The van der Waals surface area contributed by atoms with Crippen molar-refractivity contribution in [1.82, 2.24) is 9.55 Å². The molecule has 9 heteroatoms. The molecule has 0 saturated heterocycles. The lowest BCUT2D eigenvalue weighted by Gasteiger charge is -2.31. The SMILES string of the molecule is CC[C@@]1(O)C(=O)OCc2c1cc1n(c2=O)Cc2c-1nc1ccc(CN)c3c1c2CCS3.Cl. The van der Waals surface area contributed by atoms with Gasteiger partial charge in [-0.15, -0.1) is 24.2 Å². The van der Waals surface area contributed by atoms with Crippen LogP contribution in [0.2, 0.25) is 0 Å². The Hall–Kier alpha value is -2.39. The van der Waals surface area contributed by atoms with Crippen molar-refractivity contribution < 1.29 is 14.6 Å². The van der Waals surface area contributed by atoms with E-state index in [2.05, 4.69) is 0 Å². The number of benzene rings is 1. The highest BCUT2D eigenvalue weighted by atomic mass is 35.5. The van der Waals surface area contributed by atoms with Crippen molar-refractivity contribution in [2.75, 3.05) is 5.75 Å². The van der Waals surface area contributed by atoms with E-state index in [0.717, 1.165) is 39.9 Å². The summed E-state index contributed by atoms with van der Waals surface area (Å²) in [5.41, 5.74) is 10.3. The molecular weight excluding hydrogens is 450 g/mol. The van der Waals surface area contributed by atoms with Crippen molar-refractivity contribution in [2.45, 2.75) is 50.0 Å². The fraction of sp³-hybridized carbons (Fsp3) is 0.348. The maximum absolute atomic E-state index is 13.4. The number of aliphatic hydroxyl groups is 1. The van der Waals surface area contributed by atoms with Crippen LogP contribution in [0.4, 0.5) is 0 Å². The zero-order valence-electron chi connectivity index (χ0n) is 17.4. The van der Waals surface area contributed by atoms with Crippen LogP contribution in [0.3, 0.4) is 0 Å². The predicted octanol–water partition coefficient (Wildman–Crippen LogP) is 2.61. The third kappa shape index (κ3) is 2.61. The Balaban J connectivity index is 0.00000216. The maximum atomic E-state index is 13.4. The van der Waals surface area contributed by atoms with Crippen LogP contribution in [0.25, 0.3) is 22.3 Å². The number of carbonyl (C=O) groups is 1. The number of carbonyl (C=O) groups excluding carboxylic acids is 1. The summed E-state index contributed by atoms with van der Waals surface area (Å²) in [7, 11) is 0. The van der Waals surface area contributed by atoms with Crippen molar-refractivity contribution in [1.29, 1.82) is 0 Å². The molecule has 32 heavy (non-hydrogen) atoms. The highest BCUT2D eigenvalue weighted by Gasteiger charge is 2.45. The van der Waals surface area contributed by atoms with Gasteiger partial charge in [0.05, 0.1) is 29.0 Å². The number of halogens is 1. The van der Waals surface area contributed by atoms with Gasteiger partial charge < -0.3 is 20.1 Å². The van der Waals surface area contributed by atoms with E-state index in [1.54, 1.807) is 17.6 Å². The molecule has 3 N–H and O–H groups in total. The van der Waals surface area contributed by atoms with Gasteiger partial charge >= 0.3 is 5.97 Å². The van der Waals surface area contributed by atoms with Gasteiger partial charge in [-0.25, -0.2) is 9.78 Å². The summed E-state index contributed by atoms with van der Waals surface area (Å²) < 4.78 is 6.86. The first-order valence-electron chi connectivity index (χ1n) is 10.4. The molecule has 2 aromatic heterocycles. The number of pyridine rings is 2. The molecule has 0 unspecified atom stereocenters. The van der Waals surface area contributed by atoms with Gasteiger partial charge in [0.15, 0.2) is 5.60 Å². The summed E-state index contributed by atoms with van der Waals surface area (Å²) in [5, 5.41) is 12.2. The number of rotatable bonds is 2. The normalized spacial score (nSPS) is 20.3. The number of nitrogens with zero attached hydrogens (tertiary/aromatic N) is 2. The van der Waals surface area contributed by atoms with E-state index in [4.69, 9.17) is 15.5 Å². The summed E-state index contributed by atoms with van der Waals surface area (Å²) >= 11 is 1.81. The van der Waals surface area contributed by atoms with Gasteiger partial charge in [0.2, 0.25) is 0 Å². The van der Waals surface area contributed by atoms with E-state index >= 15 is 0 Å². The second-order valence-corrected chi connectivity index (χ2v) is 9.38. The molecule has 5 heterocycles. The number of aromatic nitrogens is 2. The lowest BCUT2D eigenvalue weighted by Crippen LogP contribution is -2.44. The molecule has 3 aromatic rings. The van der Waals surface area contributed by atoms with Crippen molar-refractivity contribution in [3.8, 4) is 11.4 Å². The van der Waals surface area contributed by atoms with Crippen LogP contribution in [0, 0.1) is 0 Å². The molecule has 7 nitrogen and oxygen atoms in total. The highest BCUT2D eigenvalue weighted by Crippen LogP contribution is 2.44. The average Bonchev–Trinajstić information content (AvgIpc) is 3.16. The lowest BCUT2D eigenvalue weighted by molar-refractivity contribution is -0.172. The Morgan fingerprint density at radius 3 is 2.84 bits per heavy atom. The number of hydrogen-bond acceptors (Lipinski definition) is 7. The smallest absolute Gasteiger partial charge is 0.343 e. The minimum atomic E-state index is -1.81. The van der Waals surface area contributed by atoms with Gasteiger partial charge in [-0.1, -0.05) is 13.0 Å². The molecule has 0 radical (unpaired) electrons. The molecule has 0 amide bonds. The fourth-order valence-electron chi connectivity index (χ4n) is 5.13. The van der Waals surface area contributed by atoms with E-state index in [-0.39, 0.29) is 31.0 Å². The summed E-state index contributed by atoms with van der Waals surface area (Å²) in [6.07, 6.45) is 1.03. The van der Waals surface area contributed by atoms with Crippen LogP contribution in [0.5, 0.6) is 0 Å². The molecule has 0 spiro atoms. The third-order valence-electron chi connectivity index (χ3n) is 6.82. The van der Waals surface area contributed by atoms with E-state index < -0.39 is 11.6 Å². The van der Waals surface area contributed by atoms with Crippen molar-refractivity contribution in [2.24, 2.45) is 5.73 Å². The van der Waals surface area contributed by atoms with Crippen molar-refractivity contribution >= 4 is 41.0 Å². The quantitative estimate of drug-likeness (QED) is 0.432. The molecular formula is C23H22ClN3O4S. The predicted molar refractivity (Wildman–Crippen MR) is 124 cm³/mol. The molecule has 166 valence electrons.